The number of unbranched alkanes of at least 4 members (excludes halogenated alkanes) is 2. The van der Waals surface area contributed by atoms with E-state index in [1.165, 1.54) is 7.11 Å². The van der Waals surface area contributed by atoms with Crippen molar-refractivity contribution < 1.29 is 23.8 Å². The molecular formula is C21H23N3O5. The topological polar surface area (TPSA) is 114 Å². The molecule has 2 amide bonds. The molecule has 0 unspecified atom stereocenters. The van der Waals surface area contributed by atoms with Gasteiger partial charge in [0.2, 0.25) is 5.89 Å². The number of urea groups is 1. The zero-order valence-electron chi connectivity index (χ0n) is 16.1. The number of para-hydroxylation sites is 2. The molecule has 1 aromatic heterocycles. The number of carbonyl (C=O) groups excluding carboxylic acids is 1. The number of hydrogen-bond acceptors (Lipinski definition) is 5. The number of nitrogens with one attached hydrogen (secondary N) is 2. The highest BCUT2D eigenvalue weighted by Crippen LogP contribution is 2.31. The van der Waals surface area contributed by atoms with Gasteiger partial charge in [-0.05, 0) is 43.2 Å². The predicted octanol–water partition coefficient (Wildman–Crippen LogP) is 4.27. The maximum Gasteiger partial charge on any atom is 0.319 e. The first-order chi connectivity index (χ1) is 14.1. The van der Waals surface area contributed by atoms with Crippen LogP contribution in [0.25, 0.3) is 22.6 Å². The lowest BCUT2D eigenvalue weighted by Crippen LogP contribution is -2.29. The van der Waals surface area contributed by atoms with Gasteiger partial charge in [0.05, 0.1) is 12.8 Å². The number of fused-ring (bicyclic) bond motifs is 1. The van der Waals surface area contributed by atoms with Crippen molar-refractivity contribution in [2.24, 2.45) is 0 Å². The van der Waals surface area contributed by atoms with Gasteiger partial charge in [0.1, 0.15) is 11.3 Å². The van der Waals surface area contributed by atoms with Crippen molar-refractivity contribution in [3.63, 3.8) is 0 Å². The summed E-state index contributed by atoms with van der Waals surface area (Å²) in [5.41, 5.74) is 2.66. The first-order valence-electron chi connectivity index (χ1n) is 9.37. The summed E-state index contributed by atoms with van der Waals surface area (Å²) in [7, 11) is 1.53. The number of ether oxygens (including phenoxy) is 1. The first kappa shape index (κ1) is 20.2. The van der Waals surface area contributed by atoms with Crippen LogP contribution in [0.4, 0.5) is 10.5 Å². The molecule has 8 nitrogen and oxygen atoms in total. The van der Waals surface area contributed by atoms with Gasteiger partial charge >= 0.3 is 12.0 Å². The molecule has 3 N–H and O–H groups in total. The number of amides is 2. The third-order valence-electron chi connectivity index (χ3n) is 4.34. The maximum atomic E-state index is 12.2. The number of methoxy groups -OCH3 is 1. The van der Waals surface area contributed by atoms with Crippen LogP contribution in [0.15, 0.2) is 46.9 Å². The standard InChI is InChI=1S/C21H23N3O5/c1-28-17-11-10-14(20-23-15-7-4-5-8-18(15)29-20)13-16(17)24-21(27)22-12-6-2-3-9-19(25)26/h4-5,7-8,10-11,13H,2-3,6,9,12H2,1H3,(H,25,26)(H2,22,24,27). The lowest BCUT2D eigenvalue weighted by atomic mass is 10.2. The molecule has 152 valence electrons. The summed E-state index contributed by atoms with van der Waals surface area (Å²) in [6.45, 7) is 0.457. The van der Waals surface area contributed by atoms with Gasteiger partial charge in [-0.25, -0.2) is 9.78 Å². The van der Waals surface area contributed by atoms with E-state index in [1.54, 1.807) is 12.1 Å². The van der Waals surface area contributed by atoms with Gasteiger partial charge in [-0.1, -0.05) is 18.6 Å². The zero-order valence-corrected chi connectivity index (χ0v) is 16.1. The summed E-state index contributed by atoms with van der Waals surface area (Å²) in [5.74, 6) is 0.166. The average molecular weight is 397 g/mol. The normalized spacial score (nSPS) is 10.7. The number of aliphatic carboxylic acids is 1. The van der Waals surface area contributed by atoms with E-state index >= 15 is 0 Å². The minimum Gasteiger partial charge on any atom is -0.495 e. The number of carboxylic acids is 1. The number of anilines is 1. The molecule has 29 heavy (non-hydrogen) atoms. The zero-order chi connectivity index (χ0) is 20.6. The van der Waals surface area contributed by atoms with Crippen LogP contribution in [0.5, 0.6) is 5.75 Å². The number of benzene rings is 2. The van der Waals surface area contributed by atoms with Crippen molar-refractivity contribution in [1.29, 1.82) is 0 Å². The van der Waals surface area contributed by atoms with Crippen LogP contribution in [-0.2, 0) is 4.79 Å². The molecule has 0 aliphatic heterocycles. The van der Waals surface area contributed by atoms with Crippen LogP contribution in [0.3, 0.4) is 0 Å². The number of oxazole rings is 1. The van der Waals surface area contributed by atoms with Crippen LogP contribution < -0.4 is 15.4 Å². The highest BCUT2D eigenvalue weighted by Gasteiger charge is 2.13. The van der Waals surface area contributed by atoms with Crippen LogP contribution in [0, 0.1) is 0 Å². The van der Waals surface area contributed by atoms with Crippen LogP contribution >= 0.6 is 0 Å². The monoisotopic (exact) mass is 397 g/mol. The van der Waals surface area contributed by atoms with Crippen LogP contribution in [0.2, 0.25) is 0 Å². The van der Waals surface area contributed by atoms with Gasteiger partial charge in [0, 0.05) is 18.5 Å². The number of nitrogens with zero attached hydrogens (tertiary/aromatic N) is 1. The molecule has 0 aliphatic carbocycles. The second-order valence-corrected chi connectivity index (χ2v) is 6.49. The van der Waals surface area contributed by atoms with Gasteiger partial charge < -0.3 is 24.9 Å². The number of carbonyl (C=O) groups is 2. The Labute approximate surface area is 167 Å². The Balaban J connectivity index is 1.63. The molecule has 0 aliphatic rings. The van der Waals surface area contributed by atoms with Crippen LogP contribution in [-0.4, -0.2) is 35.7 Å². The van der Waals surface area contributed by atoms with E-state index in [1.807, 2.05) is 30.3 Å². The third kappa shape index (κ3) is 5.47. The molecule has 0 atom stereocenters. The Bertz CT molecular complexity index is 966. The number of aromatic nitrogens is 1. The fourth-order valence-electron chi connectivity index (χ4n) is 2.88. The Morgan fingerprint density at radius 1 is 1.14 bits per heavy atom. The van der Waals surface area contributed by atoms with Crippen molar-refractivity contribution in [2.75, 3.05) is 19.0 Å². The lowest BCUT2D eigenvalue weighted by Gasteiger charge is -2.12. The van der Waals surface area contributed by atoms with Crippen molar-refractivity contribution >= 4 is 28.8 Å². The van der Waals surface area contributed by atoms with Crippen molar-refractivity contribution in [3.05, 3.63) is 42.5 Å². The van der Waals surface area contributed by atoms with Crippen molar-refractivity contribution in [3.8, 4) is 17.2 Å². The molecule has 0 bridgehead atoms. The van der Waals surface area contributed by atoms with Gasteiger partial charge in [0.25, 0.3) is 0 Å². The van der Waals surface area contributed by atoms with E-state index in [-0.39, 0.29) is 12.5 Å². The summed E-state index contributed by atoms with van der Waals surface area (Å²) in [5, 5.41) is 14.1. The number of rotatable bonds is 9. The molecule has 8 heteroatoms. The Kier molecular flexibility index (Phi) is 6.67. The summed E-state index contributed by atoms with van der Waals surface area (Å²) >= 11 is 0. The summed E-state index contributed by atoms with van der Waals surface area (Å²) in [6.07, 6.45) is 2.19. The molecule has 2 aromatic carbocycles. The Hall–Kier alpha value is -3.55. The van der Waals surface area contributed by atoms with E-state index in [0.717, 1.165) is 11.9 Å². The SMILES string of the molecule is COc1ccc(-c2nc3ccccc3o2)cc1NC(=O)NCCCCCC(=O)O. The summed E-state index contributed by atoms with van der Waals surface area (Å²) < 4.78 is 11.1. The number of hydrogen-bond donors (Lipinski definition) is 3. The highest BCUT2D eigenvalue weighted by atomic mass is 16.5. The third-order valence-corrected chi connectivity index (χ3v) is 4.34. The second kappa shape index (κ2) is 9.59. The fraction of sp³-hybridized carbons (Fsp3) is 0.286. The molecule has 0 spiro atoms. The molecule has 0 radical (unpaired) electrons. The van der Waals surface area contributed by atoms with E-state index in [0.29, 0.717) is 47.9 Å². The van der Waals surface area contributed by atoms with E-state index < -0.39 is 5.97 Å². The maximum absolute atomic E-state index is 12.2. The van der Waals surface area contributed by atoms with E-state index in [2.05, 4.69) is 15.6 Å². The largest absolute Gasteiger partial charge is 0.495 e. The van der Waals surface area contributed by atoms with Crippen LogP contribution in [0.1, 0.15) is 25.7 Å². The minimum atomic E-state index is -0.804. The summed E-state index contributed by atoms with van der Waals surface area (Å²) in [6, 6.07) is 12.4. The van der Waals surface area contributed by atoms with Crippen molar-refractivity contribution in [1.82, 2.24) is 10.3 Å². The van der Waals surface area contributed by atoms with Gasteiger partial charge in [-0.15, -0.1) is 0 Å². The van der Waals surface area contributed by atoms with Gasteiger partial charge in [-0.2, -0.15) is 0 Å². The van der Waals surface area contributed by atoms with Gasteiger partial charge in [0.15, 0.2) is 5.58 Å². The second-order valence-electron chi connectivity index (χ2n) is 6.49. The molecule has 0 saturated heterocycles. The van der Waals surface area contributed by atoms with Crippen molar-refractivity contribution in [2.45, 2.75) is 25.7 Å². The molecule has 3 aromatic rings. The van der Waals surface area contributed by atoms with E-state index in [9.17, 15) is 9.59 Å². The highest BCUT2D eigenvalue weighted by molar-refractivity contribution is 5.92. The lowest BCUT2D eigenvalue weighted by molar-refractivity contribution is -0.137. The van der Waals surface area contributed by atoms with Gasteiger partial charge in [-0.3, -0.25) is 4.79 Å². The van der Waals surface area contributed by atoms with E-state index in [4.69, 9.17) is 14.3 Å². The molecular weight excluding hydrogens is 374 g/mol. The number of carboxylic acid groups (broad SMARTS) is 1. The minimum absolute atomic E-state index is 0.145. The average Bonchev–Trinajstić information content (AvgIpc) is 3.14. The molecule has 3 rings (SSSR count). The Morgan fingerprint density at radius 3 is 2.72 bits per heavy atom. The first-order valence-corrected chi connectivity index (χ1v) is 9.37. The molecule has 0 fully saturated rings. The molecule has 0 saturated carbocycles. The summed E-state index contributed by atoms with van der Waals surface area (Å²) in [4.78, 5) is 27.2. The predicted molar refractivity (Wildman–Crippen MR) is 109 cm³/mol. The fourth-order valence-corrected chi connectivity index (χ4v) is 2.88. The smallest absolute Gasteiger partial charge is 0.319 e. The Morgan fingerprint density at radius 2 is 1.97 bits per heavy atom. The molecule has 1 heterocycles. The quantitative estimate of drug-likeness (QED) is 0.465.